The van der Waals surface area contributed by atoms with Crippen LogP contribution in [-0.4, -0.2) is 59.3 Å². The quantitative estimate of drug-likeness (QED) is 0.780. The van der Waals surface area contributed by atoms with E-state index in [9.17, 15) is 9.59 Å². The third-order valence-electron chi connectivity index (χ3n) is 4.62. The summed E-state index contributed by atoms with van der Waals surface area (Å²) >= 11 is 0. The number of piperidine rings is 1. The highest BCUT2D eigenvalue weighted by molar-refractivity contribution is 5.95. The standard InChI is InChI=1S/C17H24N4O3/c1-2-24-17(23)14-7-3-4-12-21(14)16(22)13-8-9-15(19-18-13)20-10-5-6-11-20/h8-9,14H,2-7,10-12H2,1H3. The fraction of sp³-hybridized carbons (Fsp3) is 0.647. The molecule has 0 saturated carbocycles. The van der Waals surface area contributed by atoms with Crippen LogP contribution >= 0.6 is 0 Å². The van der Waals surface area contributed by atoms with Gasteiger partial charge in [-0.05, 0) is 51.2 Å². The molecule has 1 atom stereocenters. The van der Waals surface area contributed by atoms with Gasteiger partial charge in [-0.1, -0.05) is 0 Å². The van der Waals surface area contributed by atoms with Crippen LogP contribution < -0.4 is 4.90 Å². The van der Waals surface area contributed by atoms with Gasteiger partial charge in [0.1, 0.15) is 6.04 Å². The third kappa shape index (κ3) is 3.49. The monoisotopic (exact) mass is 332 g/mol. The van der Waals surface area contributed by atoms with Crippen LogP contribution in [0.15, 0.2) is 12.1 Å². The van der Waals surface area contributed by atoms with Gasteiger partial charge in [0.15, 0.2) is 11.5 Å². The number of aromatic nitrogens is 2. The van der Waals surface area contributed by atoms with Gasteiger partial charge in [-0.3, -0.25) is 4.79 Å². The molecule has 0 spiro atoms. The Labute approximate surface area is 142 Å². The van der Waals surface area contributed by atoms with E-state index in [1.807, 2.05) is 6.07 Å². The molecule has 3 heterocycles. The maximum atomic E-state index is 12.8. The minimum Gasteiger partial charge on any atom is -0.464 e. The van der Waals surface area contributed by atoms with Crippen molar-refractivity contribution in [1.82, 2.24) is 15.1 Å². The molecule has 2 saturated heterocycles. The average Bonchev–Trinajstić information content (AvgIpc) is 3.16. The number of likely N-dealkylation sites (tertiary alicyclic amines) is 1. The largest absolute Gasteiger partial charge is 0.464 e. The maximum absolute atomic E-state index is 12.8. The van der Waals surface area contributed by atoms with E-state index in [0.717, 1.165) is 44.6 Å². The summed E-state index contributed by atoms with van der Waals surface area (Å²) in [5.41, 5.74) is 0.286. The van der Waals surface area contributed by atoms with Crippen LogP contribution in [0.25, 0.3) is 0 Å². The Hall–Kier alpha value is -2.18. The lowest BCUT2D eigenvalue weighted by molar-refractivity contribution is -0.149. The zero-order valence-electron chi connectivity index (χ0n) is 14.1. The minimum absolute atomic E-state index is 0.242. The first-order valence-electron chi connectivity index (χ1n) is 8.77. The number of esters is 1. The molecule has 24 heavy (non-hydrogen) atoms. The molecule has 0 aromatic carbocycles. The number of hydrogen-bond acceptors (Lipinski definition) is 6. The van der Waals surface area contributed by atoms with Crippen LogP contribution in [0.5, 0.6) is 0 Å². The van der Waals surface area contributed by atoms with E-state index in [0.29, 0.717) is 19.6 Å². The lowest BCUT2D eigenvalue weighted by Crippen LogP contribution is -2.49. The van der Waals surface area contributed by atoms with Gasteiger partial charge in [-0.2, -0.15) is 0 Å². The first-order chi connectivity index (χ1) is 11.7. The molecule has 1 unspecified atom stereocenters. The molecule has 130 valence electrons. The highest BCUT2D eigenvalue weighted by Crippen LogP contribution is 2.21. The molecule has 0 bridgehead atoms. The molecule has 1 aromatic heterocycles. The van der Waals surface area contributed by atoms with Crippen LogP contribution in [0.2, 0.25) is 0 Å². The Bertz CT molecular complexity index is 584. The van der Waals surface area contributed by atoms with Crippen LogP contribution in [0.1, 0.15) is 49.5 Å². The number of carbonyl (C=O) groups excluding carboxylic acids is 2. The van der Waals surface area contributed by atoms with Crippen LogP contribution in [0.4, 0.5) is 5.82 Å². The number of anilines is 1. The number of nitrogens with zero attached hydrogens (tertiary/aromatic N) is 4. The Morgan fingerprint density at radius 1 is 1.12 bits per heavy atom. The second-order valence-electron chi connectivity index (χ2n) is 6.23. The van der Waals surface area contributed by atoms with Gasteiger partial charge in [0.2, 0.25) is 0 Å². The van der Waals surface area contributed by atoms with E-state index in [1.54, 1.807) is 17.9 Å². The van der Waals surface area contributed by atoms with Crippen molar-refractivity contribution < 1.29 is 14.3 Å². The topological polar surface area (TPSA) is 75.6 Å². The molecule has 7 heteroatoms. The molecule has 1 aromatic rings. The molecule has 1 amide bonds. The summed E-state index contributed by atoms with van der Waals surface area (Å²) in [7, 11) is 0. The van der Waals surface area contributed by atoms with Crippen molar-refractivity contribution in [3.63, 3.8) is 0 Å². The molecule has 0 aliphatic carbocycles. The third-order valence-corrected chi connectivity index (χ3v) is 4.62. The number of ether oxygens (including phenoxy) is 1. The second-order valence-corrected chi connectivity index (χ2v) is 6.23. The van der Waals surface area contributed by atoms with Crippen molar-refractivity contribution in [1.29, 1.82) is 0 Å². The van der Waals surface area contributed by atoms with E-state index in [4.69, 9.17) is 4.74 Å². The summed E-state index contributed by atoms with van der Waals surface area (Å²) in [5.74, 6) is 0.241. The number of rotatable bonds is 4. The zero-order chi connectivity index (χ0) is 16.9. The molecule has 0 radical (unpaired) electrons. The predicted molar refractivity (Wildman–Crippen MR) is 88.8 cm³/mol. The fourth-order valence-corrected chi connectivity index (χ4v) is 3.36. The zero-order valence-corrected chi connectivity index (χ0v) is 14.1. The molecule has 2 aliphatic rings. The van der Waals surface area contributed by atoms with E-state index in [2.05, 4.69) is 15.1 Å². The molecule has 2 aliphatic heterocycles. The second kappa shape index (κ2) is 7.59. The summed E-state index contributed by atoms with van der Waals surface area (Å²) in [4.78, 5) is 28.6. The highest BCUT2D eigenvalue weighted by atomic mass is 16.5. The lowest BCUT2D eigenvalue weighted by Gasteiger charge is -2.33. The SMILES string of the molecule is CCOC(=O)C1CCCCN1C(=O)c1ccc(N2CCCC2)nn1. The number of hydrogen-bond donors (Lipinski definition) is 0. The molecular formula is C17H24N4O3. The molecular weight excluding hydrogens is 308 g/mol. The summed E-state index contributed by atoms with van der Waals surface area (Å²) in [6, 6.07) is 3.04. The van der Waals surface area contributed by atoms with Gasteiger partial charge < -0.3 is 14.5 Å². The van der Waals surface area contributed by atoms with E-state index in [-0.39, 0.29) is 17.6 Å². The van der Waals surface area contributed by atoms with Gasteiger partial charge in [0.25, 0.3) is 5.91 Å². The van der Waals surface area contributed by atoms with Gasteiger partial charge in [-0.25, -0.2) is 4.79 Å². The summed E-state index contributed by atoms with van der Waals surface area (Å²) in [6.45, 7) is 4.62. The molecule has 7 nitrogen and oxygen atoms in total. The molecule has 3 rings (SSSR count). The minimum atomic E-state index is -0.508. The van der Waals surface area contributed by atoms with E-state index in [1.165, 1.54) is 0 Å². The van der Waals surface area contributed by atoms with Crippen molar-refractivity contribution in [2.75, 3.05) is 31.1 Å². The lowest BCUT2D eigenvalue weighted by atomic mass is 10.0. The van der Waals surface area contributed by atoms with Crippen LogP contribution in [0, 0.1) is 0 Å². The molecule has 2 fully saturated rings. The number of carbonyl (C=O) groups is 2. The van der Waals surface area contributed by atoms with Crippen LogP contribution in [0.3, 0.4) is 0 Å². The van der Waals surface area contributed by atoms with Crippen molar-refractivity contribution in [3.05, 3.63) is 17.8 Å². The van der Waals surface area contributed by atoms with Crippen molar-refractivity contribution in [3.8, 4) is 0 Å². The fourth-order valence-electron chi connectivity index (χ4n) is 3.36. The van der Waals surface area contributed by atoms with Gasteiger partial charge in [0.05, 0.1) is 6.61 Å². The normalized spacial score (nSPS) is 21.0. The van der Waals surface area contributed by atoms with Gasteiger partial charge in [0, 0.05) is 19.6 Å². The first kappa shape index (κ1) is 16.7. The van der Waals surface area contributed by atoms with Gasteiger partial charge in [-0.15, -0.1) is 10.2 Å². The smallest absolute Gasteiger partial charge is 0.328 e. The van der Waals surface area contributed by atoms with Crippen molar-refractivity contribution in [2.45, 2.75) is 45.1 Å². The Morgan fingerprint density at radius 3 is 2.54 bits per heavy atom. The van der Waals surface area contributed by atoms with E-state index >= 15 is 0 Å². The number of amides is 1. The Morgan fingerprint density at radius 2 is 1.88 bits per heavy atom. The average molecular weight is 332 g/mol. The summed E-state index contributed by atoms with van der Waals surface area (Å²) in [6.07, 6.45) is 4.78. The summed E-state index contributed by atoms with van der Waals surface area (Å²) in [5, 5.41) is 8.30. The molecule has 0 N–H and O–H groups in total. The van der Waals surface area contributed by atoms with Crippen molar-refractivity contribution in [2.24, 2.45) is 0 Å². The van der Waals surface area contributed by atoms with Crippen molar-refractivity contribution >= 4 is 17.7 Å². The highest BCUT2D eigenvalue weighted by Gasteiger charge is 2.34. The van der Waals surface area contributed by atoms with E-state index < -0.39 is 6.04 Å². The summed E-state index contributed by atoms with van der Waals surface area (Å²) < 4.78 is 5.11. The Kier molecular flexibility index (Phi) is 5.27. The first-order valence-corrected chi connectivity index (χ1v) is 8.77. The Balaban J connectivity index is 1.72. The van der Waals surface area contributed by atoms with Crippen LogP contribution in [-0.2, 0) is 9.53 Å². The van der Waals surface area contributed by atoms with Gasteiger partial charge >= 0.3 is 5.97 Å². The maximum Gasteiger partial charge on any atom is 0.328 e. The predicted octanol–water partition coefficient (Wildman–Crippen LogP) is 1.63.